The number of anilines is 1. The van der Waals surface area contributed by atoms with Crippen molar-refractivity contribution in [3.05, 3.63) is 64.1 Å². The van der Waals surface area contributed by atoms with Gasteiger partial charge in [0.2, 0.25) is 0 Å². The van der Waals surface area contributed by atoms with E-state index < -0.39 is 29.3 Å². The summed E-state index contributed by atoms with van der Waals surface area (Å²) in [6.07, 6.45) is 0. The van der Waals surface area contributed by atoms with Crippen LogP contribution in [0.1, 0.15) is 12.5 Å². The van der Waals surface area contributed by atoms with E-state index in [0.29, 0.717) is 20.5 Å². The van der Waals surface area contributed by atoms with Gasteiger partial charge in [-0.2, -0.15) is 5.10 Å². The number of esters is 2. The van der Waals surface area contributed by atoms with Crippen molar-refractivity contribution in [3.63, 3.8) is 0 Å². The van der Waals surface area contributed by atoms with Gasteiger partial charge in [0.25, 0.3) is 0 Å². The molecule has 0 aromatic heterocycles. The lowest BCUT2D eigenvalue weighted by Gasteiger charge is -2.26. The van der Waals surface area contributed by atoms with Gasteiger partial charge in [-0.15, -0.1) is 0 Å². The third-order valence-electron chi connectivity index (χ3n) is 5.02. The molecule has 1 heterocycles. The van der Waals surface area contributed by atoms with Crippen LogP contribution in [0, 0.1) is 5.41 Å². The average Bonchev–Trinajstić information content (AvgIpc) is 3.18. The van der Waals surface area contributed by atoms with Crippen molar-refractivity contribution < 1.29 is 28.7 Å². The molecule has 0 aliphatic carbocycles. The molecule has 3 rings (SSSR count). The van der Waals surface area contributed by atoms with Gasteiger partial charge in [0.05, 0.1) is 32.2 Å². The van der Waals surface area contributed by atoms with Gasteiger partial charge >= 0.3 is 23.9 Å². The highest BCUT2D eigenvalue weighted by molar-refractivity contribution is 6.43. The van der Waals surface area contributed by atoms with Crippen LogP contribution in [0.4, 0.5) is 10.5 Å². The lowest BCUT2D eigenvalue weighted by Crippen LogP contribution is -2.49. The van der Waals surface area contributed by atoms with Crippen LogP contribution in [0.5, 0.6) is 0 Å². The van der Waals surface area contributed by atoms with Crippen molar-refractivity contribution in [2.45, 2.75) is 6.92 Å². The molecule has 0 saturated heterocycles. The fraction of sp³-hybridized carbons (Fsp3) is 0.227. The van der Waals surface area contributed by atoms with Crippen molar-refractivity contribution in [1.82, 2.24) is 5.01 Å². The molecular formula is C22H19Cl2N3O6. The molecule has 0 saturated carbocycles. The number of nitrogens with zero attached hydrogens (tertiary/aromatic N) is 3. The Bertz CT molecular complexity index is 1130. The molecule has 1 atom stereocenters. The van der Waals surface area contributed by atoms with Crippen LogP contribution in [0.15, 0.2) is 53.6 Å². The van der Waals surface area contributed by atoms with Gasteiger partial charge in [-0.05, 0) is 48.9 Å². The molecule has 2 aromatic carbocycles. The monoisotopic (exact) mass is 491 g/mol. The number of hydrogen-bond donors (Lipinski definition) is 0. The van der Waals surface area contributed by atoms with Crippen LogP contribution in [0.2, 0.25) is 10.0 Å². The molecule has 0 bridgehead atoms. The summed E-state index contributed by atoms with van der Waals surface area (Å²) in [4.78, 5) is 51.4. The molecule has 1 aliphatic rings. The molecule has 0 radical (unpaired) electrons. The maximum absolute atomic E-state index is 13.4. The van der Waals surface area contributed by atoms with Crippen LogP contribution in [0.3, 0.4) is 0 Å². The van der Waals surface area contributed by atoms with Gasteiger partial charge < -0.3 is 9.47 Å². The highest BCUT2D eigenvalue weighted by Crippen LogP contribution is 2.34. The van der Waals surface area contributed by atoms with Crippen molar-refractivity contribution in [3.8, 4) is 0 Å². The van der Waals surface area contributed by atoms with E-state index in [1.165, 1.54) is 31.4 Å². The number of amides is 3. The fourth-order valence-corrected chi connectivity index (χ4v) is 3.57. The van der Waals surface area contributed by atoms with Gasteiger partial charge in [-0.25, -0.2) is 19.5 Å². The first kappa shape index (κ1) is 24.2. The molecule has 0 N–H and O–H groups in total. The molecule has 0 fully saturated rings. The predicted octanol–water partition coefficient (Wildman–Crippen LogP) is 3.52. The number of methoxy groups -OCH3 is 2. The molecule has 9 nitrogen and oxygen atoms in total. The van der Waals surface area contributed by atoms with Crippen LogP contribution >= 0.6 is 23.2 Å². The summed E-state index contributed by atoms with van der Waals surface area (Å²) >= 11 is 11.9. The number of urea groups is 1. The number of benzene rings is 2. The Morgan fingerprint density at radius 3 is 2.00 bits per heavy atom. The zero-order valence-electron chi connectivity index (χ0n) is 17.9. The normalized spacial score (nSPS) is 17.2. The minimum absolute atomic E-state index is 0.0646. The number of hydrazone groups is 1. The van der Waals surface area contributed by atoms with E-state index in [2.05, 4.69) is 9.84 Å². The second-order valence-electron chi connectivity index (χ2n) is 7.23. The van der Waals surface area contributed by atoms with Crippen molar-refractivity contribution in [1.29, 1.82) is 0 Å². The summed E-state index contributed by atoms with van der Waals surface area (Å²) in [5.41, 5.74) is -0.520. The van der Waals surface area contributed by atoms with Crippen LogP contribution < -0.4 is 4.90 Å². The molecular weight excluding hydrogens is 473 g/mol. The second-order valence-corrected chi connectivity index (χ2v) is 8.10. The summed E-state index contributed by atoms with van der Waals surface area (Å²) in [5.74, 6) is -3.13. The number of imide groups is 1. The summed E-state index contributed by atoms with van der Waals surface area (Å²) in [6.45, 7) is 1.32. The molecule has 33 heavy (non-hydrogen) atoms. The average molecular weight is 492 g/mol. The highest BCUT2D eigenvalue weighted by atomic mass is 35.5. The van der Waals surface area contributed by atoms with Gasteiger partial charge in [0, 0.05) is 10.0 Å². The zero-order valence-corrected chi connectivity index (χ0v) is 19.4. The third-order valence-corrected chi connectivity index (χ3v) is 5.53. The van der Waals surface area contributed by atoms with E-state index >= 15 is 0 Å². The minimum atomic E-state index is -1.35. The van der Waals surface area contributed by atoms with Crippen molar-refractivity contribution >= 4 is 58.5 Å². The Hall–Kier alpha value is -3.43. The van der Waals surface area contributed by atoms with Gasteiger partial charge in [-0.1, -0.05) is 35.3 Å². The molecule has 11 heteroatoms. The van der Waals surface area contributed by atoms with Crippen LogP contribution in [-0.4, -0.2) is 55.4 Å². The van der Waals surface area contributed by atoms with Gasteiger partial charge in [-0.3, -0.25) is 9.59 Å². The number of carbonyl (C=O) groups excluding carboxylic acids is 4. The summed E-state index contributed by atoms with van der Waals surface area (Å²) in [5, 5.41) is 6.09. The first-order valence-corrected chi connectivity index (χ1v) is 10.3. The summed E-state index contributed by atoms with van der Waals surface area (Å²) in [7, 11) is 2.24. The SMILES string of the molecule is COC(=O)C(=O)N(C(=O)N1CC(C)(C(=O)OC)C(c2ccc(Cl)cc2)=N1)c1ccc(Cl)cc1. The van der Waals surface area contributed by atoms with Crippen molar-refractivity contribution in [2.75, 3.05) is 25.7 Å². The van der Waals surface area contributed by atoms with E-state index in [0.717, 1.165) is 12.1 Å². The summed E-state index contributed by atoms with van der Waals surface area (Å²) < 4.78 is 9.45. The first-order valence-electron chi connectivity index (χ1n) is 9.55. The maximum atomic E-state index is 13.4. The second kappa shape index (κ2) is 9.60. The Kier molecular flexibility index (Phi) is 7.04. The fourth-order valence-electron chi connectivity index (χ4n) is 3.32. The van der Waals surface area contributed by atoms with Gasteiger partial charge in [0.15, 0.2) is 0 Å². The van der Waals surface area contributed by atoms with Gasteiger partial charge in [0.1, 0.15) is 5.41 Å². The van der Waals surface area contributed by atoms with E-state index in [1.807, 2.05) is 0 Å². The molecule has 1 aliphatic heterocycles. The molecule has 2 aromatic rings. The zero-order chi connectivity index (χ0) is 24.3. The molecule has 1 unspecified atom stereocenters. The summed E-state index contributed by atoms with van der Waals surface area (Å²) in [6, 6.07) is 11.2. The van der Waals surface area contributed by atoms with E-state index in [-0.39, 0.29) is 17.9 Å². The Labute approximate surface area is 199 Å². The van der Waals surface area contributed by atoms with Crippen molar-refractivity contribution in [2.24, 2.45) is 10.5 Å². The van der Waals surface area contributed by atoms with E-state index in [4.69, 9.17) is 27.9 Å². The lowest BCUT2D eigenvalue weighted by atomic mass is 9.82. The van der Waals surface area contributed by atoms with E-state index in [9.17, 15) is 19.2 Å². The Morgan fingerprint density at radius 2 is 1.48 bits per heavy atom. The minimum Gasteiger partial charge on any atom is -0.468 e. The molecule has 0 spiro atoms. The van der Waals surface area contributed by atoms with E-state index in [1.54, 1.807) is 31.2 Å². The van der Waals surface area contributed by atoms with Crippen LogP contribution in [0.25, 0.3) is 0 Å². The molecule has 3 amide bonds. The Balaban J connectivity index is 2.07. The number of hydrogen-bond acceptors (Lipinski definition) is 7. The highest BCUT2D eigenvalue weighted by Gasteiger charge is 2.50. The van der Waals surface area contributed by atoms with Crippen LogP contribution in [-0.2, 0) is 23.9 Å². The maximum Gasteiger partial charge on any atom is 0.397 e. The Morgan fingerprint density at radius 1 is 0.939 bits per heavy atom. The standard InChI is InChI=1S/C22H19Cl2N3O6/c1-22(20(30)33-3)12-26(25-17(22)13-4-6-14(23)7-5-13)21(31)27(18(28)19(29)32-2)16-10-8-15(24)9-11-16/h4-11H,12H2,1-3H3. The lowest BCUT2D eigenvalue weighted by molar-refractivity contribution is -0.151. The number of ether oxygens (including phenoxy) is 2. The third kappa shape index (κ3) is 4.69. The number of halogens is 2. The molecule has 172 valence electrons. The predicted molar refractivity (Wildman–Crippen MR) is 121 cm³/mol. The topological polar surface area (TPSA) is 106 Å². The quantitative estimate of drug-likeness (QED) is 0.480. The first-order chi connectivity index (χ1) is 15.6. The largest absolute Gasteiger partial charge is 0.468 e. The number of rotatable bonds is 3. The smallest absolute Gasteiger partial charge is 0.397 e. The number of carbonyl (C=O) groups is 4.